The van der Waals surface area contributed by atoms with Crippen molar-refractivity contribution in [2.45, 2.75) is 0 Å². The van der Waals surface area contributed by atoms with Crippen LogP contribution in [0.1, 0.15) is 5.56 Å². The van der Waals surface area contributed by atoms with Crippen LogP contribution in [0.25, 0.3) is 5.57 Å². The van der Waals surface area contributed by atoms with E-state index in [9.17, 15) is 0 Å². The molecule has 0 N–H and O–H groups in total. The Morgan fingerprint density at radius 3 is 2.86 bits per heavy atom. The second-order valence-corrected chi connectivity index (χ2v) is 3.77. The van der Waals surface area contributed by atoms with Crippen molar-refractivity contribution in [1.29, 1.82) is 0 Å². The largest absolute Gasteiger partial charge is 0.293 e. The molecular formula is C11H11N2S. The minimum absolute atomic E-state index is 0.870. The van der Waals surface area contributed by atoms with Gasteiger partial charge in [-0.1, -0.05) is 42.3 Å². The summed E-state index contributed by atoms with van der Waals surface area (Å²) in [6, 6.07) is 10.3. The molecule has 0 fully saturated rings. The molecule has 1 aliphatic heterocycles. The molecule has 2 rings (SSSR count). The summed E-state index contributed by atoms with van der Waals surface area (Å²) < 4.78 is 1.99. The molecule has 0 unspecified atom stereocenters. The maximum Gasteiger partial charge on any atom is 0.183 e. The summed E-state index contributed by atoms with van der Waals surface area (Å²) in [5.41, 5.74) is 2.47. The minimum Gasteiger partial charge on any atom is -0.293 e. The molecule has 2 nitrogen and oxygen atoms in total. The van der Waals surface area contributed by atoms with Gasteiger partial charge in [0.05, 0.1) is 6.54 Å². The maximum atomic E-state index is 4.08. The van der Waals surface area contributed by atoms with Gasteiger partial charge in [-0.25, -0.2) is 4.99 Å². The molecule has 0 saturated heterocycles. The summed E-state index contributed by atoms with van der Waals surface area (Å²) in [4.78, 5) is 4.08. The van der Waals surface area contributed by atoms with E-state index in [4.69, 9.17) is 0 Å². The van der Waals surface area contributed by atoms with Crippen LogP contribution < -0.4 is 0 Å². The lowest BCUT2D eigenvalue weighted by molar-refractivity contribution is 0.784. The summed E-state index contributed by atoms with van der Waals surface area (Å²) >= 11 is 1.63. The first kappa shape index (κ1) is 9.34. The normalized spacial score (nSPS) is 15.5. The molecule has 0 spiro atoms. The topological polar surface area (TPSA) is 15.6 Å². The summed E-state index contributed by atoms with van der Waals surface area (Å²) in [5.74, 6) is 0. The third kappa shape index (κ3) is 1.99. The summed E-state index contributed by atoms with van der Waals surface area (Å²) in [7, 11) is 0. The van der Waals surface area contributed by atoms with Gasteiger partial charge in [-0.3, -0.25) is 4.31 Å². The van der Waals surface area contributed by atoms with Crippen LogP contribution in [0.3, 0.4) is 0 Å². The molecule has 3 heteroatoms. The van der Waals surface area contributed by atoms with Crippen molar-refractivity contribution >= 4 is 23.9 Å². The van der Waals surface area contributed by atoms with Crippen LogP contribution in [-0.2, 0) is 0 Å². The Labute approximate surface area is 88.5 Å². The first-order valence-corrected chi connectivity index (χ1v) is 5.60. The van der Waals surface area contributed by atoms with Gasteiger partial charge in [0.15, 0.2) is 6.34 Å². The molecule has 14 heavy (non-hydrogen) atoms. The van der Waals surface area contributed by atoms with E-state index in [1.54, 1.807) is 11.9 Å². The molecule has 0 amide bonds. The van der Waals surface area contributed by atoms with Crippen LogP contribution in [0.2, 0.25) is 0 Å². The van der Waals surface area contributed by atoms with E-state index in [0.717, 1.165) is 6.54 Å². The van der Waals surface area contributed by atoms with E-state index in [2.05, 4.69) is 23.5 Å². The molecule has 71 valence electrons. The van der Waals surface area contributed by atoms with Gasteiger partial charge >= 0.3 is 0 Å². The van der Waals surface area contributed by atoms with Gasteiger partial charge < -0.3 is 0 Å². The van der Waals surface area contributed by atoms with Gasteiger partial charge in [0, 0.05) is 12.5 Å². The average Bonchev–Trinajstić information content (AvgIpc) is 2.30. The van der Waals surface area contributed by atoms with Crippen molar-refractivity contribution in [3.05, 3.63) is 42.1 Å². The molecule has 1 aliphatic rings. The fourth-order valence-corrected chi connectivity index (χ4v) is 1.72. The van der Waals surface area contributed by atoms with Gasteiger partial charge in [0.2, 0.25) is 0 Å². The van der Waals surface area contributed by atoms with Gasteiger partial charge in [-0.2, -0.15) is 0 Å². The second-order valence-electron chi connectivity index (χ2n) is 2.97. The van der Waals surface area contributed by atoms with Gasteiger partial charge in [0.25, 0.3) is 0 Å². The molecule has 1 aromatic carbocycles. The zero-order chi connectivity index (χ0) is 9.80. The van der Waals surface area contributed by atoms with Crippen molar-refractivity contribution < 1.29 is 0 Å². The lowest BCUT2D eigenvalue weighted by atomic mass is 10.1. The highest BCUT2D eigenvalue weighted by Gasteiger charge is 2.09. The molecule has 1 aromatic rings. The standard InChI is InChI=1S/C11H11N2S/c1-14-13-8-11(7-12-9-13)10-5-3-2-4-6-10/h2-7H,8H2,1H3. The number of nitrogens with zero attached hydrogens (tertiary/aromatic N) is 2. The number of aliphatic imine (C=N–C) groups is 1. The number of benzene rings is 1. The maximum absolute atomic E-state index is 4.08. The zero-order valence-electron chi connectivity index (χ0n) is 7.97. The molecule has 1 radical (unpaired) electrons. The third-order valence-electron chi connectivity index (χ3n) is 2.07. The predicted molar refractivity (Wildman–Crippen MR) is 62.1 cm³/mol. The molecule has 0 aliphatic carbocycles. The van der Waals surface area contributed by atoms with Gasteiger partial charge in [0.1, 0.15) is 0 Å². The quantitative estimate of drug-likeness (QED) is 0.686. The van der Waals surface area contributed by atoms with Crippen molar-refractivity contribution in [3.8, 4) is 0 Å². The molecule has 1 heterocycles. The zero-order valence-corrected chi connectivity index (χ0v) is 8.79. The SMILES string of the molecule is CSN1[C]=NC=C(c2ccccc2)C1. The molecular weight excluding hydrogens is 192 g/mol. The molecule has 0 atom stereocenters. The first-order chi connectivity index (χ1) is 6.90. The third-order valence-corrected chi connectivity index (χ3v) is 2.72. The average molecular weight is 203 g/mol. The van der Waals surface area contributed by atoms with Crippen molar-refractivity contribution in [1.82, 2.24) is 4.31 Å². The van der Waals surface area contributed by atoms with Crippen LogP contribution >= 0.6 is 11.9 Å². The van der Waals surface area contributed by atoms with Crippen LogP contribution in [0.5, 0.6) is 0 Å². The Kier molecular flexibility index (Phi) is 2.89. The molecule has 0 aromatic heterocycles. The van der Waals surface area contributed by atoms with Crippen molar-refractivity contribution in [2.75, 3.05) is 12.8 Å². The first-order valence-electron chi connectivity index (χ1n) is 4.42. The minimum atomic E-state index is 0.870. The van der Waals surface area contributed by atoms with Crippen molar-refractivity contribution in [2.24, 2.45) is 4.99 Å². The highest BCUT2D eigenvalue weighted by molar-refractivity contribution is 7.96. The Morgan fingerprint density at radius 2 is 2.14 bits per heavy atom. The predicted octanol–water partition coefficient (Wildman–Crippen LogP) is 2.53. The van der Waals surface area contributed by atoms with E-state index in [0.29, 0.717) is 0 Å². The Bertz CT molecular complexity index is 357. The fraction of sp³-hybridized carbons (Fsp3) is 0.182. The van der Waals surface area contributed by atoms with Crippen LogP contribution in [0, 0.1) is 0 Å². The number of hydrogen-bond donors (Lipinski definition) is 0. The monoisotopic (exact) mass is 203 g/mol. The van der Waals surface area contributed by atoms with E-state index in [1.165, 1.54) is 11.1 Å². The Hall–Kier alpha value is -1.22. The van der Waals surface area contributed by atoms with E-state index >= 15 is 0 Å². The van der Waals surface area contributed by atoms with Crippen molar-refractivity contribution in [3.63, 3.8) is 0 Å². The summed E-state index contributed by atoms with van der Waals surface area (Å²) in [5, 5.41) is 0. The Balaban J connectivity index is 2.21. The lowest BCUT2D eigenvalue weighted by Gasteiger charge is -2.19. The second kappa shape index (κ2) is 4.33. The van der Waals surface area contributed by atoms with Crippen LogP contribution in [0.15, 0.2) is 41.5 Å². The molecule has 0 bridgehead atoms. The smallest absolute Gasteiger partial charge is 0.183 e. The van der Waals surface area contributed by atoms with E-state index in [-0.39, 0.29) is 0 Å². The van der Waals surface area contributed by atoms with E-state index in [1.807, 2.05) is 35.0 Å². The number of hydrogen-bond acceptors (Lipinski definition) is 3. The van der Waals surface area contributed by atoms with E-state index < -0.39 is 0 Å². The fourth-order valence-electron chi connectivity index (χ4n) is 1.33. The number of rotatable bonds is 2. The Morgan fingerprint density at radius 1 is 1.36 bits per heavy atom. The van der Waals surface area contributed by atoms with Crippen LogP contribution in [-0.4, -0.2) is 23.4 Å². The van der Waals surface area contributed by atoms with Gasteiger partial charge in [-0.15, -0.1) is 0 Å². The highest BCUT2D eigenvalue weighted by atomic mass is 32.2. The highest BCUT2D eigenvalue weighted by Crippen LogP contribution is 2.20. The summed E-state index contributed by atoms with van der Waals surface area (Å²) in [6.45, 7) is 0.870. The van der Waals surface area contributed by atoms with Crippen LogP contribution in [0.4, 0.5) is 0 Å². The molecule has 0 saturated carbocycles. The van der Waals surface area contributed by atoms with Gasteiger partial charge in [-0.05, 0) is 11.1 Å². The summed E-state index contributed by atoms with van der Waals surface area (Å²) in [6.07, 6.45) is 6.81. The lowest BCUT2D eigenvalue weighted by Crippen LogP contribution is -2.18.